The van der Waals surface area contributed by atoms with Gasteiger partial charge in [-0.25, -0.2) is 4.79 Å². The third kappa shape index (κ3) is 3.05. The molecule has 6 nitrogen and oxygen atoms in total. The third-order valence-electron chi connectivity index (χ3n) is 4.81. The van der Waals surface area contributed by atoms with E-state index in [0.29, 0.717) is 6.54 Å². The quantitative estimate of drug-likeness (QED) is 0.791. The first kappa shape index (κ1) is 14.4. The molecule has 3 rings (SSSR count). The number of aliphatic hydroxyl groups excluding tert-OH is 1. The molecule has 1 heterocycles. The van der Waals surface area contributed by atoms with Crippen LogP contribution in [0.25, 0.3) is 0 Å². The summed E-state index contributed by atoms with van der Waals surface area (Å²) < 4.78 is 0. The van der Waals surface area contributed by atoms with Gasteiger partial charge >= 0.3 is 6.03 Å². The van der Waals surface area contributed by atoms with Gasteiger partial charge in [0.15, 0.2) is 0 Å². The molecule has 0 bridgehead atoms. The van der Waals surface area contributed by atoms with Crippen LogP contribution in [0, 0.1) is 5.92 Å². The summed E-state index contributed by atoms with van der Waals surface area (Å²) in [5.74, 6) is 0.217. The molecule has 116 valence electrons. The zero-order valence-corrected chi connectivity index (χ0v) is 12.5. The van der Waals surface area contributed by atoms with E-state index < -0.39 is 0 Å². The van der Waals surface area contributed by atoms with E-state index in [9.17, 15) is 9.90 Å². The Kier molecular flexibility index (Phi) is 4.14. The van der Waals surface area contributed by atoms with Gasteiger partial charge < -0.3 is 15.3 Å². The lowest BCUT2D eigenvalue weighted by Gasteiger charge is -2.28. The van der Waals surface area contributed by atoms with Crippen molar-refractivity contribution in [2.45, 2.75) is 50.7 Å². The van der Waals surface area contributed by atoms with E-state index in [1.54, 1.807) is 11.9 Å². The van der Waals surface area contributed by atoms with Gasteiger partial charge in [-0.2, -0.15) is 5.10 Å². The van der Waals surface area contributed by atoms with Gasteiger partial charge in [-0.3, -0.25) is 5.10 Å². The van der Waals surface area contributed by atoms with E-state index >= 15 is 0 Å². The van der Waals surface area contributed by atoms with E-state index in [2.05, 4.69) is 15.5 Å². The summed E-state index contributed by atoms with van der Waals surface area (Å²) in [6.45, 7) is 0.621. The number of amides is 2. The summed E-state index contributed by atoms with van der Waals surface area (Å²) in [6.07, 6.45) is 7.57. The average Bonchev–Trinajstić information content (AvgIpc) is 3.09. The molecule has 1 fully saturated rings. The highest BCUT2D eigenvalue weighted by atomic mass is 16.3. The molecule has 0 spiro atoms. The molecule has 3 N–H and O–H groups in total. The summed E-state index contributed by atoms with van der Waals surface area (Å²) in [5.41, 5.74) is 2.25. The van der Waals surface area contributed by atoms with Gasteiger partial charge in [0.1, 0.15) is 0 Å². The number of nitrogens with one attached hydrogen (secondary N) is 2. The largest absolute Gasteiger partial charge is 0.393 e. The fraction of sp³-hybridized carbons (Fsp3) is 0.733. The average molecular weight is 292 g/mol. The van der Waals surface area contributed by atoms with Crippen LogP contribution in [0.2, 0.25) is 0 Å². The highest BCUT2D eigenvalue weighted by molar-refractivity contribution is 5.74. The Labute approximate surface area is 124 Å². The monoisotopic (exact) mass is 292 g/mol. The Morgan fingerprint density at radius 3 is 3.10 bits per heavy atom. The number of hydrogen-bond donors (Lipinski definition) is 3. The molecular weight excluding hydrogens is 268 g/mol. The summed E-state index contributed by atoms with van der Waals surface area (Å²) >= 11 is 0. The van der Waals surface area contributed by atoms with Crippen LogP contribution in [0.15, 0.2) is 6.20 Å². The van der Waals surface area contributed by atoms with E-state index in [4.69, 9.17) is 0 Å². The van der Waals surface area contributed by atoms with Crippen LogP contribution in [0.5, 0.6) is 0 Å². The molecule has 6 heteroatoms. The maximum atomic E-state index is 12.3. The van der Waals surface area contributed by atoms with Crippen LogP contribution in [-0.4, -0.2) is 45.9 Å². The molecule has 0 aliphatic heterocycles. The molecule has 0 aromatic carbocycles. The maximum absolute atomic E-state index is 12.3. The van der Waals surface area contributed by atoms with Crippen LogP contribution in [0.4, 0.5) is 4.79 Å². The molecule has 0 unspecified atom stereocenters. The lowest BCUT2D eigenvalue weighted by atomic mass is 9.94. The Morgan fingerprint density at radius 2 is 2.33 bits per heavy atom. The molecule has 0 radical (unpaired) electrons. The predicted molar refractivity (Wildman–Crippen MR) is 78.8 cm³/mol. The molecule has 1 saturated carbocycles. The summed E-state index contributed by atoms with van der Waals surface area (Å²) in [5, 5.41) is 20.0. The van der Waals surface area contributed by atoms with Crippen LogP contribution in [-0.2, 0) is 6.42 Å². The SMILES string of the molecule is CN(C[C@@H]1CCC[C@H]1O)C(=O)N[C@@H]1CCCc2cn[nH]c21. The van der Waals surface area contributed by atoms with Crippen molar-refractivity contribution < 1.29 is 9.90 Å². The first-order valence-corrected chi connectivity index (χ1v) is 7.87. The van der Waals surface area contributed by atoms with Crippen LogP contribution in [0.1, 0.15) is 49.4 Å². The van der Waals surface area contributed by atoms with Crippen molar-refractivity contribution in [3.05, 3.63) is 17.5 Å². The summed E-state index contributed by atoms with van der Waals surface area (Å²) in [6, 6.07) is -0.0405. The molecule has 1 aromatic heterocycles. The van der Waals surface area contributed by atoms with Crippen molar-refractivity contribution in [2.24, 2.45) is 5.92 Å². The van der Waals surface area contributed by atoms with Gasteiger partial charge in [-0.1, -0.05) is 6.42 Å². The number of hydrogen-bond acceptors (Lipinski definition) is 3. The number of nitrogens with zero attached hydrogens (tertiary/aromatic N) is 2. The molecule has 3 atom stereocenters. The van der Waals surface area contributed by atoms with Crippen molar-refractivity contribution in [1.29, 1.82) is 0 Å². The highest BCUT2D eigenvalue weighted by Crippen LogP contribution is 2.28. The Hall–Kier alpha value is -1.56. The molecule has 0 saturated heterocycles. The molecule has 2 aliphatic rings. The minimum Gasteiger partial charge on any atom is -0.393 e. The minimum atomic E-state index is -0.255. The molecule has 2 amide bonds. The number of carbonyl (C=O) groups excluding carboxylic acids is 1. The number of aliphatic hydroxyl groups is 1. The van der Waals surface area contributed by atoms with Gasteiger partial charge in [0.25, 0.3) is 0 Å². The van der Waals surface area contributed by atoms with Gasteiger partial charge in [0.2, 0.25) is 0 Å². The van der Waals surface area contributed by atoms with Gasteiger partial charge in [-0.05, 0) is 37.7 Å². The molecule has 1 aromatic rings. The number of H-pyrrole nitrogens is 1. The standard InChI is InChI=1S/C15H24N4O2/c1-19(9-11-5-3-7-13(11)20)15(21)17-12-6-2-4-10-8-16-18-14(10)12/h8,11-13,20H,2-7,9H2,1H3,(H,16,18)(H,17,21)/t11-,12+,13+/m0/s1. The lowest BCUT2D eigenvalue weighted by Crippen LogP contribution is -2.43. The maximum Gasteiger partial charge on any atom is 0.317 e. The van der Waals surface area contributed by atoms with E-state index in [1.807, 2.05) is 6.20 Å². The Balaban J connectivity index is 1.57. The number of aryl methyl sites for hydroxylation is 1. The number of urea groups is 1. The number of carbonyl (C=O) groups is 1. The third-order valence-corrected chi connectivity index (χ3v) is 4.81. The van der Waals surface area contributed by atoms with Crippen molar-refractivity contribution >= 4 is 6.03 Å². The topological polar surface area (TPSA) is 81.2 Å². The van der Waals surface area contributed by atoms with Crippen molar-refractivity contribution in [3.8, 4) is 0 Å². The predicted octanol–water partition coefficient (Wildman–Crippen LogP) is 1.59. The number of fused-ring (bicyclic) bond motifs is 1. The number of aromatic nitrogens is 2. The number of aromatic amines is 1. The Bertz CT molecular complexity index is 502. The fourth-order valence-electron chi connectivity index (χ4n) is 3.53. The zero-order valence-electron chi connectivity index (χ0n) is 12.5. The summed E-state index contributed by atoms with van der Waals surface area (Å²) in [7, 11) is 1.80. The normalized spacial score (nSPS) is 28.2. The lowest BCUT2D eigenvalue weighted by molar-refractivity contribution is 0.113. The smallest absolute Gasteiger partial charge is 0.317 e. The fourth-order valence-corrected chi connectivity index (χ4v) is 3.53. The Morgan fingerprint density at radius 1 is 1.48 bits per heavy atom. The van der Waals surface area contributed by atoms with E-state index in [0.717, 1.165) is 44.2 Å². The van der Waals surface area contributed by atoms with Crippen molar-refractivity contribution in [3.63, 3.8) is 0 Å². The molecule has 2 aliphatic carbocycles. The number of rotatable bonds is 3. The minimum absolute atomic E-state index is 0.0275. The van der Waals surface area contributed by atoms with Crippen LogP contribution >= 0.6 is 0 Å². The second-order valence-electron chi connectivity index (χ2n) is 6.34. The van der Waals surface area contributed by atoms with Crippen molar-refractivity contribution in [1.82, 2.24) is 20.4 Å². The van der Waals surface area contributed by atoms with Gasteiger partial charge in [0.05, 0.1) is 24.0 Å². The zero-order chi connectivity index (χ0) is 14.8. The molecule has 21 heavy (non-hydrogen) atoms. The van der Waals surface area contributed by atoms with Crippen molar-refractivity contribution in [2.75, 3.05) is 13.6 Å². The van der Waals surface area contributed by atoms with Gasteiger partial charge in [0, 0.05) is 19.5 Å². The first-order chi connectivity index (χ1) is 10.1. The first-order valence-electron chi connectivity index (χ1n) is 7.87. The molecular formula is C15H24N4O2. The second-order valence-corrected chi connectivity index (χ2v) is 6.34. The van der Waals surface area contributed by atoms with E-state index in [-0.39, 0.29) is 24.1 Å². The second kappa shape index (κ2) is 6.05. The van der Waals surface area contributed by atoms with Crippen LogP contribution < -0.4 is 5.32 Å². The van der Waals surface area contributed by atoms with Crippen LogP contribution in [0.3, 0.4) is 0 Å². The summed E-state index contributed by atoms with van der Waals surface area (Å²) in [4.78, 5) is 14.0. The highest BCUT2D eigenvalue weighted by Gasteiger charge is 2.29. The van der Waals surface area contributed by atoms with Gasteiger partial charge in [-0.15, -0.1) is 0 Å². The van der Waals surface area contributed by atoms with E-state index in [1.165, 1.54) is 5.56 Å².